The van der Waals surface area contributed by atoms with Gasteiger partial charge in [-0.15, -0.1) is 0 Å². The van der Waals surface area contributed by atoms with E-state index in [9.17, 15) is 18.8 Å². The predicted octanol–water partition coefficient (Wildman–Crippen LogP) is 2.88. The largest absolute Gasteiger partial charge is 0.352 e. The van der Waals surface area contributed by atoms with Gasteiger partial charge in [0.2, 0.25) is 5.91 Å². The van der Waals surface area contributed by atoms with Crippen molar-refractivity contribution in [2.75, 3.05) is 5.32 Å². The van der Waals surface area contributed by atoms with Crippen molar-refractivity contribution in [3.8, 4) is 11.4 Å². The number of amides is 3. The summed E-state index contributed by atoms with van der Waals surface area (Å²) in [5, 5.41) is 5.11. The molecule has 31 heavy (non-hydrogen) atoms. The van der Waals surface area contributed by atoms with E-state index in [1.54, 1.807) is 30.3 Å². The molecule has 0 aliphatic carbocycles. The number of aromatic amines is 1. The molecule has 9 heteroatoms. The van der Waals surface area contributed by atoms with Crippen molar-refractivity contribution in [2.45, 2.75) is 25.8 Å². The highest BCUT2D eigenvalue weighted by Gasteiger charge is 2.20. The van der Waals surface area contributed by atoms with Crippen LogP contribution in [0.15, 0.2) is 59.4 Å². The van der Waals surface area contributed by atoms with Crippen LogP contribution >= 0.6 is 0 Å². The number of carbonyl (C=O) groups is 2. The lowest BCUT2D eigenvalue weighted by Gasteiger charge is -2.18. The van der Waals surface area contributed by atoms with E-state index in [4.69, 9.17) is 5.73 Å². The normalized spacial score (nSPS) is 11.5. The molecule has 0 radical (unpaired) electrons. The molecule has 0 saturated carbocycles. The molecule has 2 aromatic carbocycles. The summed E-state index contributed by atoms with van der Waals surface area (Å²) in [5.74, 6) is -0.620. The third-order valence-electron chi connectivity index (χ3n) is 4.56. The second kappa shape index (κ2) is 9.66. The Kier molecular flexibility index (Phi) is 6.76. The van der Waals surface area contributed by atoms with E-state index < -0.39 is 23.8 Å². The number of carbonyl (C=O) groups excluding carboxylic acids is 2. The molecular formula is C22H22FN5O3. The minimum Gasteiger partial charge on any atom is -0.352 e. The number of urea groups is 1. The molecule has 0 spiro atoms. The van der Waals surface area contributed by atoms with E-state index in [-0.39, 0.29) is 17.5 Å². The Morgan fingerprint density at radius 2 is 1.94 bits per heavy atom. The monoisotopic (exact) mass is 423 g/mol. The second-order valence-electron chi connectivity index (χ2n) is 6.85. The Labute approximate surface area is 177 Å². The minimum absolute atomic E-state index is 0.156. The number of halogens is 1. The van der Waals surface area contributed by atoms with E-state index in [0.29, 0.717) is 29.2 Å². The lowest BCUT2D eigenvalue weighted by Crippen LogP contribution is -2.35. The van der Waals surface area contributed by atoms with Gasteiger partial charge >= 0.3 is 6.03 Å². The summed E-state index contributed by atoms with van der Waals surface area (Å²) in [5.41, 5.74) is 6.81. The van der Waals surface area contributed by atoms with Crippen LogP contribution in [0.2, 0.25) is 0 Å². The van der Waals surface area contributed by atoms with Crippen LogP contribution in [-0.4, -0.2) is 21.9 Å². The van der Waals surface area contributed by atoms with E-state index in [1.807, 2.05) is 6.92 Å². The highest BCUT2D eigenvalue weighted by molar-refractivity contribution is 5.92. The van der Waals surface area contributed by atoms with Crippen molar-refractivity contribution in [1.82, 2.24) is 15.3 Å². The van der Waals surface area contributed by atoms with Crippen LogP contribution in [0.3, 0.4) is 0 Å². The molecule has 0 fully saturated rings. The molecule has 3 aromatic rings. The van der Waals surface area contributed by atoms with Gasteiger partial charge in [0.05, 0.1) is 12.5 Å². The predicted molar refractivity (Wildman–Crippen MR) is 115 cm³/mol. The maximum absolute atomic E-state index is 14.1. The summed E-state index contributed by atoms with van der Waals surface area (Å²) >= 11 is 0. The third-order valence-corrected chi connectivity index (χ3v) is 4.56. The fraction of sp³-hybridized carbons (Fsp3) is 0.182. The van der Waals surface area contributed by atoms with Gasteiger partial charge in [-0.25, -0.2) is 14.2 Å². The highest BCUT2D eigenvalue weighted by atomic mass is 19.1. The van der Waals surface area contributed by atoms with Gasteiger partial charge in [0.15, 0.2) is 0 Å². The van der Waals surface area contributed by atoms with Crippen molar-refractivity contribution in [1.29, 1.82) is 0 Å². The molecule has 0 saturated heterocycles. The van der Waals surface area contributed by atoms with Gasteiger partial charge in [-0.1, -0.05) is 37.3 Å². The molecule has 0 aliphatic heterocycles. The Hall–Kier alpha value is -4.01. The number of nitrogens with one attached hydrogen (secondary N) is 3. The molecule has 3 amide bonds. The summed E-state index contributed by atoms with van der Waals surface area (Å²) in [7, 11) is 0. The van der Waals surface area contributed by atoms with E-state index in [1.165, 1.54) is 24.3 Å². The van der Waals surface area contributed by atoms with Crippen LogP contribution in [0.5, 0.6) is 0 Å². The molecule has 0 unspecified atom stereocenters. The highest BCUT2D eigenvalue weighted by Crippen LogP contribution is 2.22. The van der Waals surface area contributed by atoms with Crippen LogP contribution in [0, 0.1) is 5.82 Å². The topological polar surface area (TPSA) is 130 Å². The summed E-state index contributed by atoms with van der Waals surface area (Å²) in [6.07, 6.45) is 0.381. The van der Waals surface area contributed by atoms with Gasteiger partial charge in [-0.05, 0) is 24.6 Å². The molecule has 0 aliphatic rings. The number of hydrogen-bond donors (Lipinski definition) is 4. The third kappa shape index (κ3) is 5.75. The summed E-state index contributed by atoms with van der Waals surface area (Å²) in [6.45, 7) is 1.90. The summed E-state index contributed by atoms with van der Waals surface area (Å²) in [6, 6.07) is 12.3. The number of hydrogen-bond acceptors (Lipinski definition) is 4. The smallest absolute Gasteiger partial charge is 0.312 e. The standard InChI is InChI=1S/C22H22FN5O3/c1-2-14-11-19(29)28-21(26-14)13-6-5-7-15(10-13)25-20(30)12-18(27-22(24)31)16-8-3-4-9-17(16)23/h3-11,18H,2,12H2,1H3,(H,25,30)(H3,24,27,31)(H,26,28,29)/t18-/m0/s1. The number of aryl methyl sites for hydroxylation is 1. The Morgan fingerprint density at radius 1 is 1.16 bits per heavy atom. The van der Waals surface area contributed by atoms with Gasteiger partial charge in [-0.2, -0.15) is 0 Å². The van der Waals surface area contributed by atoms with Crippen molar-refractivity contribution >= 4 is 17.6 Å². The lowest BCUT2D eigenvalue weighted by molar-refractivity contribution is -0.116. The van der Waals surface area contributed by atoms with Gasteiger partial charge in [0, 0.05) is 28.6 Å². The first-order valence-electron chi connectivity index (χ1n) is 9.66. The SMILES string of the molecule is CCc1cc(=O)[nH]c(-c2cccc(NC(=O)C[C@H](NC(N)=O)c3ccccc3F)c2)n1. The van der Waals surface area contributed by atoms with Gasteiger partial charge < -0.3 is 21.4 Å². The van der Waals surface area contributed by atoms with E-state index >= 15 is 0 Å². The molecule has 1 atom stereocenters. The van der Waals surface area contributed by atoms with Crippen LogP contribution in [0.4, 0.5) is 14.9 Å². The first kappa shape index (κ1) is 21.7. The minimum atomic E-state index is -0.930. The zero-order valence-corrected chi connectivity index (χ0v) is 16.8. The second-order valence-corrected chi connectivity index (χ2v) is 6.85. The molecule has 5 N–H and O–H groups in total. The Morgan fingerprint density at radius 3 is 2.65 bits per heavy atom. The average Bonchev–Trinajstić information content (AvgIpc) is 2.73. The zero-order valence-electron chi connectivity index (χ0n) is 16.8. The van der Waals surface area contributed by atoms with Gasteiger partial charge in [0.25, 0.3) is 5.56 Å². The molecule has 1 aromatic heterocycles. The molecular weight excluding hydrogens is 401 g/mol. The average molecular weight is 423 g/mol. The zero-order chi connectivity index (χ0) is 22.4. The molecule has 1 heterocycles. The first-order chi connectivity index (χ1) is 14.9. The number of H-pyrrole nitrogens is 1. The number of nitrogens with zero attached hydrogens (tertiary/aromatic N) is 1. The number of benzene rings is 2. The van der Waals surface area contributed by atoms with Gasteiger partial charge in [0.1, 0.15) is 11.6 Å². The van der Waals surface area contributed by atoms with Crippen LogP contribution in [0.25, 0.3) is 11.4 Å². The molecule has 3 rings (SSSR count). The number of nitrogens with two attached hydrogens (primary N) is 1. The van der Waals surface area contributed by atoms with Gasteiger partial charge in [-0.3, -0.25) is 9.59 Å². The lowest BCUT2D eigenvalue weighted by atomic mass is 10.0. The maximum Gasteiger partial charge on any atom is 0.312 e. The molecule has 0 bridgehead atoms. The fourth-order valence-corrected chi connectivity index (χ4v) is 3.14. The van der Waals surface area contributed by atoms with Crippen molar-refractivity contribution in [3.05, 3.63) is 82.0 Å². The molecule has 8 nitrogen and oxygen atoms in total. The van der Waals surface area contributed by atoms with E-state index in [0.717, 1.165) is 0 Å². The van der Waals surface area contributed by atoms with E-state index in [2.05, 4.69) is 20.6 Å². The Balaban J connectivity index is 1.79. The number of primary amides is 1. The summed E-state index contributed by atoms with van der Waals surface area (Å²) < 4.78 is 14.1. The first-order valence-corrected chi connectivity index (χ1v) is 9.66. The Bertz CT molecular complexity index is 1160. The summed E-state index contributed by atoms with van der Waals surface area (Å²) in [4.78, 5) is 42.8. The van der Waals surface area contributed by atoms with Crippen molar-refractivity contribution in [2.24, 2.45) is 5.73 Å². The van der Waals surface area contributed by atoms with Crippen LogP contribution in [0.1, 0.15) is 30.6 Å². The van der Waals surface area contributed by atoms with Crippen molar-refractivity contribution in [3.63, 3.8) is 0 Å². The quantitative estimate of drug-likeness (QED) is 0.465. The van der Waals surface area contributed by atoms with Crippen LogP contribution in [-0.2, 0) is 11.2 Å². The van der Waals surface area contributed by atoms with Crippen molar-refractivity contribution < 1.29 is 14.0 Å². The number of aromatic nitrogens is 2. The number of anilines is 1. The van der Waals surface area contributed by atoms with Crippen LogP contribution < -0.4 is 21.9 Å². The number of rotatable bonds is 7. The molecule has 160 valence electrons. The fourth-order valence-electron chi connectivity index (χ4n) is 3.14. The maximum atomic E-state index is 14.1.